The van der Waals surface area contributed by atoms with Gasteiger partial charge in [0.25, 0.3) is 6.71 Å². The van der Waals surface area contributed by atoms with E-state index < -0.39 is 0 Å². The zero-order chi connectivity index (χ0) is 45.7. The minimum Gasteiger partial charge on any atom is -0.458 e. The maximum atomic E-state index is 7.11. The number of fused-ring (bicyclic) bond motifs is 10. The Morgan fingerprint density at radius 2 is 0.725 bits per heavy atom. The fourth-order valence-corrected chi connectivity index (χ4v) is 10.5. The van der Waals surface area contributed by atoms with E-state index in [0.29, 0.717) is 0 Å². The van der Waals surface area contributed by atoms with Crippen molar-refractivity contribution >= 4 is 101 Å². The van der Waals surface area contributed by atoms with Gasteiger partial charge in [0.05, 0.1) is 0 Å². The number of anilines is 6. The summed E-state index contributed by atoms with van der Waals surface area (Å²) < 4.78 is 26.8. The summed E-state index contributed by atoms with van der Waals surface area (Å²) >= 11 is 0. The molecule has 0 N–H and O–H groups in total. The van der Waals surface area contributed by atoms with Gasteiger partial charge in [0.15, 0.2) is 0 Å². The lowest BCUT2D eigenvalue weighted by molar-refractivity contribution is 0.465. The Bertz CT molecular complexity index is 3770. The van der Waals surface area contributed by atoms with Gasteiger partial charge in [0.2, 0.25) is 0 Å². The summed E-state index contributed by atoms with van der Waals surface area (Å²) in [5, 5.41) is 4.31. The lowest BCUT2D eigenvalue weighted by Gasteiger charge is -2.35. The molecule has 0 atom stereocenters. The van der Waals surface area contributed by atoms with Crippen LogP contribution in [0.25, 0.3) is 55.0 Å². The molecule has 0 saturated heterocycles. The first-order valence-corrected chi connectivity index (χ1v) is 23.4. The fraction of sp³-hybridized carbons (Fsp3) is 0.0323. The van der Waals surface area contributed by atoms with Crippen LogP contribution in [-0.2, 0) is 0 Å². The molecule has 6 nitrogen and oxygen atoms in total. The molecular weight excluding hydrogens is 848 g/mol. The summed E-state index contributed by atoms with van der Waals surface area (Å²) in [5.41, 5.74) is 17.2. The Kier molecular flexibility index (Phi) is 8.71. The lowest BCUT2D eigenvalue weighted by Crippen LogP contribution is -2.57. The SMILES string of the molecule is Cc1ccc(N(c2ccc3c(c2)Oc2cc(-c4ccccc4)cc4c2B3c2ccc(N(c3ccc(C)cc3)c3ccc5oc6ccccc6c5c3)cc2O4)c2ccc3oc4ccccc4c3c2)cc1. The first-order chi connectivity index (χ1) is 34.0. The van der Waals surface area contributed by atoms with E-state index in [1.165, 1.54) is 11.1 Å². The van der Waals surface area contributed by atoms with E-state index in [1.54, 1.807) is 0 Å². The minimum atomic E-state index is -0.154. The molecule has 7 heteroatoms. The van der Waals surface area contributed by atoms with Crippen LogP contribution in [0.3, 0.4) is 0 Å². The van der Waals surface area contributed by atoms with Gasteiger partial charge in [-0.1, -0.05) is 114 Å². The van der Waals surface area contributed by atoms with Crippen molar-refractivity contribution in [1.82, 2.24) is 0 Å². The van der Waals surface area contributed by atoms with Crippen LogP contribution < -0.4 is 35.7 Å². The lowest BCUT2D eigenvalue weighted by atomic mass is 9.35. The van der Waals surface area contributed by atoms with Gasteiger partial charge in [-0.3, -0.25) is 0 Å². The molecule has 14 rings (SSSR count). The Hall–Kier alpha value is -8.94. The van der Waals surface area contributed by atoms with Gasteiger partial charge in [0, 0.05) is 73.3 Å². The topological polar surface area (TPSA) is 51.2 Å². The molecule has 0 aliphatic carbocycles. The quantitative estimate of drug-likeness (QED) is 0.149. The molecule has 4 heterocycles. The first kappa shape index (κ1) is 39.3. The van der Waals surface area contributed by atoms with Crippen LogP contribution in [0.2, 0.25) is 0 Å². The number of para-hydroxylation sites is 2. The molecule has 0 unspecified atom stereocenters. The number of nitrogens with zero attached hydrogens (tertiary/aromatic N) is 2. The molecule has 0 fully saturated rings. The van der Waals surface area contributed by atoms with E-state index in [1.807, 2.05) is 30.3 Å². The van der Waals surface area contributed by atoms with Gasteiger partial charge in [-0.25, -0.2) is 0 Å². The van der Waals surface area contributed by atoms with Crippen LogP contribution in [0.15, 0.2) is 221 Å². The predicted octanol–water partition coefficient (Wildman–Crippen LogP) is 15.4. The molecule has 326 valence electrons. The van der Waals surface area contributed by atoms with E-state index >= 15 is 0 Å². The minimum absolute atomic E-state index is 0.154. The fourth-order valence-electron chi connectivity index (χ4n) is 10.5. The standard InChI is InChI=1S/C62H41BN2O4/c1-38-16-20-42(21-17-38)64(44-26-30-56-50(34-44)48-12-6-8-14-54(48)66-56)46-24-28-52-58(36-46)68-60-32-41(40-10-4-3-5-11-40)33-61-62(60)63(52)53-29-25-47(37-59(53)69-61)65(43-22-18-39(2)19-23-43)45-27-31-57-51(35-45)49-13-7-9-15-55(49)67-57/h3-37H,1-2H3. The van der Waals surface area contributed by atoms with Crippen LogP contribution in [0.1, 0.15) is 11.1 Å². The summed E-state index contributed by atoms with van der Waals surface area (Å²) in [6.07, 6.45) is 0. The van der Waals surface area contributed by atoms with Gasteiger partial charge in [0.1, 0.15) is 45.3 Å². The first-order valence-electron chi connectivity index (χ1n) is 23.4. The molecule has 0 radical (unpaired) electrons. The molecule has 0 amide bonds. The van der Waals surface area contributed by atoms with Crippen molar-refractivity contribution in [3.63, 3.8) is 0 Å². The smallest absolute Gasteiger partial charge is 0.260 e. The second kappa shape index (κ2) is 15.3. The van der Waals surface area contributed by atoms with Crippen LogP contribution in [0.4, 0.5) is 34.1 Å². The van der Waals surface area contributed by atoms with E-state index in [2.05, 4.69) is 206 Å². The summed E-state index contributed by atoms with van der Waals surface area (Å²) in [6.45, 7) is 4.09. The highest BCUT2D eigenvalue weighted by Gasteiger charge is 2.41. The van der Waals surface area contributed by atoms with Crippen molar-refractivity contribution in [2.24, 2.45) is 0 Å². The van der Waals surface area contributed by atoms with Crippen molar-refractivity contribution in [3.05, 3.63) is 223 Å². The average molecular weight is 889 g/mol. The third-order valence-electron chi connectivity index (χ3n) is 13.9. The van der Waals surface area contributed by atoms with Crippen LogP contribution in [0.5, 0.6) is 23.0 Å². The highest BCUT2D eigenvalue weighted by molar-refractivity contribution is 6.98. The zero-order valence-corrected chi connectivity index (χ0v) is 37.8. The summed E-state index contributed by atoms with van der Waals surface area (Å²) in [7, 11) is 0. The van der Waals surface area contributed by atoms with Crippen molar-refractivity contribution in [3.8, 4) is 34.1 Å². The second-order valence-corrected chi connectivity index (χ2v) is 18.2. The average Bonchev–Trinajstić information content (AvgIpc) is 3.95. The largest absolute Gasteiger partial charge is 0.458 e. The summed E-state index contributed by atoms with van der Waals surface area (Å²) in [4.78, 5) is 4.61. The second-order valence-electron chi connectivity index (χ2n) is 18.2. The van der Waals surface area contributed by atoms with Crippen LogP contribution in [-0.4, -0.2) is 6.71 Å². The maximum absolute atomic E-state index is 7.11. The van der Waals surface area contributed by atoms with E-state index in [-0.39, 0.29) is 6.71 Å². The maximum Gasteiger partial charge on any atom is 0.260 e. The third kappa shape index (κ3) is 6.42. The number of hydrogen-bond donors (Lipinski definition) is 0. The molecule has 2 aliphatic rings. The monoisotopic (exact) mass is 888 g/mol. The van der Waals surface area contributed by atoms with Gasteiger partial charge < -0.3 is 28.1 Å². The Balaban J connectivity index is 0.934. The van der Waals surface area contributed by atoms with Crippen LogP contribution >= 0.6 is 0 Å². The summed E-state index contributed by atoms with van der Waals surface area (Å²) in [5.74, 6) is 3.16. The molecule has 0 spiro atoms. The van der Waals surface area contributed by atoms with Gasteiger partial charge in [-0.2, -0.15) is 0 Å². The van der Waals surface area contributed by atoms with Crippen molar-refractivity contribution in [2.75, 3.05) is 9.80 Å². The van der Waals surface area contributed by atoms with E-state index in [9.17, 15) is 0 Å². The molecular formula is C62H41BN2O4. The molecule has 2 aliphatic heterocycles. The number of aryl methyl sites for hydroxylation is 2. The Morgan fingerprint density at radius 1 is 0.319 bits per heavy atom. The van der Waals surface area contributed by atoms with E-state index in [4.69, 9.17) is 18.3 Å². The number of furan rings is 2. The van der Waals surface area contributed by atoms with Crippen molar-refractivity contribution in [1.29, 1.82) is 0 Å². The van der Waals surface area contributed by atoms with Crippen LogP contribution in [0, 0.1) is 13.8 Å². The molecule has 0 bridgehead atoms. The number of ether oxygens (including phenoxy) is 2. The molecule has 0 saturated carbocycles. The molecule has 2 aromatic heterocycles. The van der Waals surface area contributed by atoms with Gasteiger partial charge >= 0.3 is 0 Å². The van der Waals surface area contributed by atoms with Crippen molar-refractivity contribution in [2.45, 2.75) is 13.8 Å². The molecule has 69 heavy (non-hydrogen) atoms. The number of rotatable bonds is 7. The third-order valence-corrected chi connectivity index (χ3v) is 13.9. The van der Waals surface area contributed by atoms with Gasteiger partial charge in [-0.15, -0.1) is 0 Å². The highest BCUT2D eigenvalue weighted by atomic mass is 16.5. The number of hydrogen-bond acceptors (Lipinski definition) is 6. The molecule has 12 aromatic rings. The normalized spacial score (nSPS) is 12.4. The zero-order valence-electron chi connectivity index (χ0n) is 37.8. The van der Waals surface area contributed by atoms with Gasteiger partial charge in [-0.05, 0) is 133 Å². The predicted molar refractivity (Wildman–Crippen MR) is 283 cm³/mol. The number of benzene rings is 10. The van der Waals surface area contributed by atoms with E-state index in [0.717, 1.165) is 129 Å². The Morgan fingerprint density at radius 3 is 1.22 bits per heavy atom. The summed E-state index contributed by atoms with van der Waals surface area (Å²) in [6, 6.07) is 74.9. The molecule has 10 aromatic carbocycles. The highest BCUT2D eigenvalue weighted by Crippen LogP contribution is 2.45. The van der Waals surface area contributed by atoms with Crippen molar-refractivity contribution < 1.29 is 18.3 Å². The Labute approximate surface area is 398 Å².